The van der Waals surface area contributed by atoms with Crippen LogP contribution in [0.5, 0.6) is 0 Å². The van der Waals surface area contributed by atoms with Crippen LogP contribution in [0.15, 0.2) is 47.6 Å². The van der Waals surface area contributed by atoms with Gasteiger partial charge in [-0.3, -0.25) is 19.2 Å². The number of hydrogen-bond donors (Lipinski definition) is 3. The highest BCUT2D eigenvalue weighted by atomic mass is 16.6. The molecule has 4 aliphatic rings. The number of fused-ring (bicyclic) bond motifs is 3. The van der Waals surface area contributed by atoms with Crippen LogP contribution in [0.2, 0.25) is 0 Å². The summed E-state index contributed by atoms with van der Waals surface area (Å²) in [5.74, 6) is -8.30. The van der Waals surface area contributed by atoms with Crippen LogP contribution in [0.1, 0.15) is 132 Å². The molecule has 408 valence electrons. The maximum atomic E-state index is 14.6. The first-order chi connectivity index (χ1) is 34.3. The first-order valence-electron chi connectivity index (χ1n) is 26.6. The molecule has 72 heavy (non-hydrogen) atoms. The topological polar surface area (TPSA) is 214 Å². The molecule has 4 rings (SSSR count). The van der Waals surface area contributed by atoms with Crippen LogP contribution in [0.4, 0.5) is 0 Å². The van der Waals surface area contributed by atoms with Gasteiger partial charge in [0.25, 0.3) is 11.7 Å². The molecular formula is C56H89NO15. The zero-order valence-corrected chi connectivity index (χ0v) is 45.0. The van der Waals surface area contributed by atoms with Crippen molar-refractivity contribution in [2.75, 3.05) is 54.3 Å². The van der Waals surface area contributed by atoms with Gasteiger partial charge < -0.3 is 53.4 Å². The Morgan fingerprint density at radius 1 is 0.847 bits per heavy atom. The third-order valence-electron chi connectivity index (χ3n) is 15.5. The number of hydrogen-bond acceptors (Lipinski definition) is 15. The van der Waals surface area contributed by atoms with Crippen LogP contribution < -0.4 is 0 Å². The molecule has 3 aliphatic heterocycles. The van der Waals surface area contributed by atoms with Crippen molar-refractivity contribution < 1.29 is 72.5 Å². The number of amides is 1. The highest BCUT2D eigenvalue weighted by Gasteiger charge is 2.53. The molecule has 3 N–H and O–H groups in total. The molecule has 0 spiro atoms. The predicted octanol–water partition coefficient (Wildman–Crippen LogP) is 6.60. The van der Waals surface area contributed by atoms with E-state index < -0.39 is 83.7 Å². The monoisotopic (exact) mass is 1020 g/mol. The van der Waals surface area contributed by atoms with Gasteiger partial charge >= 0.3 is 5.97 Å². The Bertz CT molecular complexity index is 1880. The normalized spacial score (nSPS) is 37.7. The average Bonchev–Trinajstić information content (AvgIpc) is 3.36. The Kier molecular flexibility index (Phi) is 25.6. The van der Waals surface area contributed by atoms with E-state index in [1.54, 1.807) is 41.1 Å². The Morgan fingerprint density at radius 3 is 2.29 bits per heavy atom. The first kappa shape index (κ1) is 61.1. The van der Waals surface area contributed by atoms with Crippen LogP contribution in [0, 0.1) is 35.5 Å². The van der Waals surface area contributed by atoms with E-state index in [0.29, 0.717) is 83.2 Å². The van der Waals surface area contributed by atoms with E-state index in [4.69, 9.17) is 38.3 Å². The maximum absolute atomic E-state index is 14.6. The lowest BCUT2D eigenvalue weighted by Crippen LogP contribution is -2.61. The summed E-state index contributed by atoms with van der Waals surface area (Å²) in [5.41, 5.74) is 1.25. The van der Waals surface area contributed by atoms with E-state index in [-0.39, 0.29) is 61.6 Å². The summed E-state index contributed by atoms with van der Waals surface area (Å²) in [6.45, 7) is 13.9. The van der Waals surface area contributed by atoms with Gasteiger partial charge in [-0.05, 0) is 113 Å². The maximum Gasteiger partial charge on any atom is 0.329 e. The number of ether oxygens (including phenoxy) is 7. The molecule has 0 aromatic heterocycles. The predicted molar refractivity (Wildman–Crippen MR) is 271 cm³/mol. The van der Waals surface area contributed by atoms with Crippen molar-refractivity contribution in [3.05, 3.63) is 47.6 Å². The van der Waals surface area contributed by atoms with Crippen molar-refractivity contribution in [3.63, 3.8) is 0 Å². The Labute approximate surface area is 429 Å². The van der Waals surface area contributed by atoms with Crippen LogP contribution >= 0.6 is 0 Å². The minimum absolute atomic E-state index is 0.00935. The summed E-state index contributed by atoms with van der Waals surface area (Å²) in [7, 11) is 4.64. The lowest BCUT2D eigenvalue weighted by atomic mass is 9.77. The molecule has 1 aliphatic carbocycles. The number of ketones is 3. The van der Waals surface area contributed by atoms with Crippen LogP contribution in [-0.4, -0.2) is 158 Å². The van der Waals surface area contributed by atoms with Gasteiger partial charge in [-0.25, -0.2) is 4.79 Å². The number of carbonyl (C=O) groups is 5. The largest absolute Gasteiger partial charge is 0.460 e. The zero-order valence-electron chi connectivity index (χ0n) is 45.0. The molecule has 2 bridgehead atoms. The summed E-state index contributed by atoms with van der Waals surface area (Å²) < 4.78 is 41.8. The fourth-order valence-electron chi connectivity index (χ4n) is 10.8. The van der Waals surface area contributed by atoms with Crippen molar-refractivity contribution in [1.29, 1.82) is 0 Å². The van der Waals surface area contributed by atoms with Crippen LogP contribution in [0.25, 0.3) is 0 Å². The first-order valence-corrected chi connectivity index (χ1v) is 26.6. The highest BCUT2D eigenvalue weighted by Crippen LogP contribution is 2.38. The molecule has 1 saturated carbocycles. The number of rotatable bonds is 13. The van der Waals surface area contributed by atoms with Crippen LogP contribution in [0.3, 0.4) is 0 Å². The number of esters is 1. The Morgan fingerprint density at radius 2 is 1.60 bits per heavy atom. The lowest BCUT2D eigenvalue weighted by molar-refractivity contribution is -0.265. The van der Waals surface area contributed by atoms with E-state index >= 15 is 0 Å². The number of nitrogens with zero attached hydrogens (tertiary/aromatic N) is 1. The minimum Gasteiger partial charge on any atom is -0.460 e. The lowest BCUT2D eigenvalue weighted by Gasteiger charge is -2.42. The van der Waals surface area contributed by atoms with E-state index in [0.717, 1.165) is 18.4 Å². The summed E-state index contributed by atoms with van der Waals surface area (Å²) in [4.78, 5) is 72.7. The Balaban J connectivity index is 1.71. The van der Waals surface area contributed by atoms with Gasteiger partial charge in [-0.2, -0.15) is 0 Å². The minimum atomic E-state index is -2.45. The number of allylic oxidation sites excluding steroid dienone is 6. The highest BCUT2D eigenvalue weighted by molar-refractivity contribution is 6.39. The van der Waals surface area contributed by atoms with Gasteiger partial charge in [0.05, 0.1) is 37.6 Å². The SMILES string of the molecule is CO[C@H]1CCC(OCCOCCCO)[C@@H](C[C@@H](C)[C@@H]2CC(=O)[C@H](C)/C=C(\C)[C@@H](O)[C@@H](OC)C(=O)[C@@H](C)C[C@H](C)/C=C/C=C/C=C(\C)[C@@H](OC)C[C@@H]3CC[C@@H](C)[C@@](O)(O3)C(=O)C(=O)N3CCCCC3C(=O)O2)C1. The molecule has 0 aromatic rings. The third kappa shape index (κ3) is 17.3. The van der Waals surface area contributed by atoms with Gasteiger partial charge in [0.15, 0.2) is 5.78 Å². The number of aliphatic hydroxyl groups excluding tert-OH is 2. The molecular weight excluding hydrogens is 927 g/mol. The van der Waals surface area contributed by atoms with Gasteiger partial charge in [0.1, 0.15) is 30.1 Å². The molecule has 0 radical (unpaired) electrons. The van der Waals surface area contributed by atoms with Gasteiger partial charge in [-0.15, -0.1) is 0 Å². The molecule has 16 nitrogen and oxygen atoms in total. The number of aliphatic hydroxyl groups is 3. The summed E-state index contributed by atoms with van der Waals surface area (Å²) in [6, 6.07) is -1.17. The second-order valence-electron chi connectivity index (χ2n) is 21.1. The van der Waals surface area contributed by atoms with E-state index in [9.17, 15) is 34.2 Å². The molecule has 2 unspecified atom stereocenters. The van der Waals surface area contributed by atoms with E-state index in [1.807, 2.05) is 58.1 Å². The smallest absolute Gasteiger partial charge is 0.329 e. The van der Waals surface area contributed by atoms with Crippen molar-refractivity contribution in [2.24, 2.45) is 35.5 Å². The fourth-order valence-corrected chi connectivity index (χ4v) is 10.8. The Hall–Kier alpha value is -3.45. The number of cyclic esters (lactones) is 1. The average molecular weight is 1020 g/mol. The molecule has 1 amide bonds. The van der Waals surface area contributed by atoms with Crippen molar-refractivity contribution in [2.45, 2.75) is 186 Å². The molecule has 15 atom stereocenters. The summed E-state index contributed by atoms with van der Waals surface area (Å²) >= 11 is 0. The van der Waals surface area contributed by atoms with Crippen molar-refractivity contribution >= 4 is 29.2 Å². The summed E-state index contributed by atoms with van der Waals surface area (Å²) in [6.07, 6.45) is 12.5. The molecule has 16 heteroatoms. The molecule has 3 heterocycles. The molecule has 0 aromatic carbocycles. The number of Topliss-reactive ketones (excluding diaryl/α,β-unsaturated/α-hetero) is 3. The number of piperidine rings is 1. The van der Waals surface area contributed by atoms with Gasteiger partial charge in [0.2, 0.25) is 5.79 Å². The molecule has 3 fully saturated rings. The van der Waals surface area contributed by atoms with Gasteiger partial charge in [0, 0.05) is 71.7 Å². The second-order valence-corrected chi connectivity index (χ2v) is 21.1. The second kappa shape index (κ2) is 30.2. The standard InChI is InChI=1S/C56H89NO15/c1-35-17-12-11-13-18-36(2)48(67-9)33-44-21-20-41(7)56(65,72-44)53(62)54(63)57-24-15-14-19-45(57)55(64)71-49(34-46(59)37(3)30-40(6)51(61)52(68-10)50(60)39(5)29-35)38(4)31-42-32-43(66-8)22-23-47(42)70-28-27-69-26-16-25-58/h11-13,17-18,30,35,37-39,41-45,47-49,51-52,58,61,65H,14-16,19-29,31-34H2,1-10H3/b13-11+,17-12+,36-18+,40-30+/t35-,37-,38-,39+,41-,42+,43+,44+,45?,47?,48+,49+,51-,52+,56-/m1/s1. The van der Waals surface area contributed by atoms with Crippen LogP contribution in [-0.2, 0) is 57.1 Å². The number of carbonyl (C=O) groups excluding carboxylic acids is 5. The van der Waals surface area contributed by atoms with Gasteiger partial charge in [-0.1, -0.05) is 71.1 Å². The molecule has 2 saturated heterocycles. The van der Waals surface area contributed by atoms with E-state index in [2.05, 4.69) is 0 Å². The van der Waals surface area contributed by atoms with E-state index in [1.165, 1.54) is 12.0 Å². The fraction of sp³-hybridized carbons (Fsp3) is 0.768. The number of methoxy groups -OCH3 is 3. The quantitative estimate of drug-likeness (QED) is 0.0767. The zero-order chi connectivity index (χ0) is 53.1. The van der Waals surface area contributed by atoms with Crippen molar-refractivity contribution in [3.8, 4) is 0 Å². The third-order valence-corrected chi connectivity index (χ3v) is 15.5. The van der Waals surface area contributed by atoms with Crippen molar-refractivity contribution in [1.82, 2.24) is 4.90 Å². The summed E-state index contributed by atoms with van der Waals surface area (Å²) in [5, 5.41) is 32.7.